The van der Waals surface area contributed by atoms with Crippen molar-refractivity contribution in [3.8, 4) is 5.75 Å². The Bertz CT molecular complexity index is 633. The molecule has 0 fully saturated rings. The van der Waals surface area contributed by atoms with Gasteiger partial charge in [-0.05, 0) is 17.2 Å². The minimum absolute atomic E-state index is 0.100. The Morgan fingerprint density at radius 1 is 1.35 bits per heavy atom. The number of methoxy groups -OCH3 is 2. The van der Waals surface area contributed by atoms with Gasteiger partial charge in [-0.1, -0.05) is 12.1 Å². The first-order valence-electron chi connectivity index (χ1n) is 6.29. The molecule has 1 unspecified atom stereocenters. The van der Waals surface area contributed by atoms with Crippen LogP contribution in [0.1, 0.15) is 11.1 Å². The van der Waals surface area contributed by atoms with E-state index in [1.54, 1.807) is 7.11 Å². The summed E-state index contributed by atoms with van der Waals surface area (Å²) in [5.74, 6) is 0.823. The summed E-state index contributed by atoms with van der Waals surface area (Å²) < 4.78 is 10.3. The van der Waals surface area contributed by atoms with E-state index in [1.165, 1.54) is 18.9 Å². The number of carbonyl (C=O) groups excluding carboxylic acids is 2. The van der Waals surface area contributed by atoms with Crippen LogP contribution < -0.4 is 4.74 Å². The quantitative estimate of drug-likeness (QED) is 0.778. The predicted molar refractivity (Wildman–Crippen MR) is 76.9 cm³/mol. The summed E-state index contributed by atoms with van der Waals surface area (Å²) in [7, 11) is 2.97. The number of thioether (sulfide) groups is 1. The Balaban J connectivity index is 2.18. The third kappa shape index (κ3) is 1.85. The fourth-order valence-corrected chi connectivity index (χ4v) is 3.95. The lowest BCUT2D eigenvalue weighted by atomic mass is 9.99. The van der Waals surface area contributed by atoms with Crippen molar-refractivity contribution in [1.29, 1.82) is 0 Å². The Labute approximate surface area is 121 Å². The topological polar surface area (TPSA) is 52.6 Å². The molecule has 5 heteroatoms. The lowest BCUT2D eigenvalue weighted by molar-refractivity contribution is -0.138. The summed E-state index contributed by atoms with van der Waals surface area (Å²) in [6.45, 7) is 0. The highest BCUT2D eigenvalue weighted by atomic mass is 32.2. The van der Waals surface area contributed by atoms with Crippen molar-refractivity contribution in [2.75, 3.05) is 20.0 Å². The Hall–Kier alpha value is -1.75. The highest BCUT2D eigenvalue weighted by molar-refractivity contribution is 8.01. The van der Waals surface area contributed by atoms with Gasteiger partial charge in [0.1, 0.15) is 11.0 Å². The van der Waals surface area contributed by atoms with E-state index in [4.69, 9.17) is 9.47 Å². The number of fused-ring (bicyclic) bond motifs is 2. The number of ether oxygens (including phenoxy) is 2. The molecule has 1 aliphatic carbocycles. The molecule has 1 aromatic carbocycles. The van der Waals surface area contributed by atoms with E-state index in [-0.39, 0.29) is 11.8 Å². The summed E-state index contributed by atoms with van der Waals surface area (Å²) >= 11 is 1.33. The molecule has 0 saturated heterocycles. The van der Waals surface area contributed by atoms with Gasteiger partial charge in [-0.3, -0.25) is 9.59 Å². The maximum Gasteiger partial charge on any atom is 0.323 e. The van der Waals surface area contributed by atoms with Crippen molar-refractivity contribution < 1.29 is 19.1 Å². The largest absolute Gasteiger partial charge is 0.496 e. The normalized spacial score (nSPS) is 20.5. The van der Waals surface area contributed by atoms with Crippen molar-refractivity contribution in [2.24, 2.45) is 0 Å². The van der Waals surface area contributed by atoms with E-state index in [9.17, 15) is 9.59 Å². The smallest absolute Gasteiger partial charge is 0.323 e. The molecule has 0 amide bonds. The second kappa shape index (κ2) is 4.98. The van der Waals surface area contributed by atoms with Crippen LogP contribution in [0.25, 0.3) is 5.57 Å². The van der Waals surface area contributed by atoms with Crippen LogP contribution in [0.2, 0.25) is 0 Å². The van der Waals surface area contributed by atoms with Crippen molar-refractivity contribution >= 4 is 29.1 Å². The van der Waals surface area contributed by atoms with Gasteiger partial charge in [-0.2, -0.15) is 0 Å². The van der Waals surface area contributed by atoms with Crippen molar-refractivity contribution in [1.82, 2.24) is 0 Å². The van der Waals surface area contributed by atoms with Crippen LogP contribution in [0.4, 0.5) is 0 Å². The molecule has 0 radical (unpaired) electrons. The molecule has 1 heterocycles. The molecule has 20 heavy (non-hydrogen) atoms. The van der Waals surface area contributed by atoms with E-state index >= 15 is 0 Å². The Morgan fingerprint density at radius 2 is 2.15 bits per heavy atom. The molecular formula is C15H14O4S. The van der Waals surface area contributed by atoms with E-state index < -0.39 is 5.25 Å². The average molecular weight is 290 g/mol. The van der Waals surface area contributed by atoms with Crippen LogP contribution in [0.3, 0.4) is 0 Å². The minimum Gasteiger partial charge on any atom is -0.496 e. The van der Waals surface area contributed by atoms with E-state index in [0.717, 1.165) is 22.3 Å². The maximum absolute atomic E-state index is 12.1. The van der Waals surface area contributed by atoms with Crippen LogP contribution in [-0.4, -0.2) is 37.0 Å². The molecule has 104 valence electrons. The maximum atomic E-state index is 12.1. The fraction of sp³-hybridized carbons (Fsp3) is 0.333. The number of esters is 1. The number of hydrogen-bond acceptors (Lipinski definition) is 5. The van der Waals surface area contributed by atoms with Gasteiger partial charge in [0.25, 0.3) is 0 Å². The predicted octanol–water partition coefficient (Wildman–Crippen LogP) is 1.86. The molecule has 1 atom stereocenters. The van der Waals surface area contributed by atoms with E-state index in [0.29, 0.717) is 17.9 Å². The van der Waals surface area contributed by atoms with Crippen LogP contribution in [0.5, 0.6) is 5.75 Å². The highest BCUT2D eigenvalue weighted by Gasteiger charge is 2.40. The summed E-state index contributed by atoms with van der Waals surface area (Å²) in [6, 6.07) is 5.73. The summed E-state index contributed by atoms with van der Waals surface area (Å²) in [6.07, 6.45) is 0.578. The zero-order valence-corrected chi connectivity index (χ0v) is 12.1. The van der Waals surface area contributed by atoms with E-state index in [2.05, 4.69) is 0 Å². The van der Waals surface area contributed by atoms with Crippen molar-refractivity contribution in [2.45, 2.75) is 11.7 Å². The lowest BCUT2D eigenvalue weighted by Crippen LogP contribution is -2.27. The molecule has 0 bridgehead atoms. The standard InChI is InChI=1S/C15H14O4S/c1-18-11-5-3-4-8-6-9-10(16)7-20-14(15(17)19-2)13(9)12(8)11/h3-5,14H,6-7H2,1-2H3. The van der Waals surface area contributed by atoms with Gasteiger partial charge in [0.2, 0.25) is 0 Å². The molecular weight excluding hydrogens is 276 g/mol. The zero-order valence-electron chi connectivity index (χ0n) is 11.3. The monoisotopic (exact) mass is 290 g/mol. The van der Waals surface area contributed by atoms with Crippen LogP contribution >= 0.6 is 11.8 Å². The van der Waals surface area contributed by atoms with Crippen molar-refractivity contribution in [3.63, 3.8) is 0 Å². The molecule has 2 aliphatic rings. The van der Waals surface area contributed by atoms with Gasteiger partial charge in [-0.25, -0.2) is 0 Å². The second-order valence-electron chi connectivity index (χ2n) is 4.70. The van der Waals surface area contributed by atoms with Crippen LogP contribution in [0, 0.1) is 0 Å². The van der Waals surface area contributed by atoms with Gasteiger partial charge in [0.05, 0.1) is 20.0 Å². The Kier molecular flexibility index (Phi) is 3.30. The molecule has 0 saturated carbocycles. The molecule has 0 aromatic heterocycles. The minimum atomic E-state index is -0.440. The first-order valence-corrected chi connectivity index (χ1v) is 7.34. The first-order chi connectivity index (χ1) is 9.67. The third-order valence-electron chi connectivity index (χ3n) is 3.69. The van der Waals surface area contributed by atoms with Gasteiger partial charge >= 0.3 is 5.97 Å². The van der Waals surface area contributed by atoms with Gasteiger partial charge in [-0.15, -0.1) is 11.8 Å². The number of hydrogen-bond donors (Lipinski definition) is 0. The number of Topliss-reactive ketones (excluding diaryl/α,β-unsaturated/α-hetero) is 1. The Morgan fingerprint density at radius 3 is 2.85 bits per heavy atom. The van der Waals surface area contributed by atoms with E-state index in [1.807, 2.05) is 18.2 Å². The summed E-state index contributed by atoms with van der Waals surface area (Å²) in [4.78, 5) is 24.1. The molecule has 3 rings (SSSR count). The molecule has 0 spiro atoms. The number of benzene rings is 1. The van der Waals surface area contributed by atoms with Gasteiger partial charge in [0, 0.05) is 17.6 Å². The number of carbonyl (C=O) groups is 2. The number of rotatable bonds is 2. The average Bonchev–Trinajstić information content (AvgIpc) is 2.87. The fourth-order valence-electron chi connectivity index (χ4n) is 2.80. The van der Waals surface area contributed by atoms with Gasteiger partial charge in [0.15, 0.2) is 5.78 Å². The van der Waals surface area contributed by atoms with Crippen LogP contribution in [-0.2, 0) is 20.7 Å². The number of ketones is 1. The second-order valence-corrected chi connectivity index (χ2v) is 5.79. The molecule has 0 N–H and O–H groups in total. The summed E-state index contributed by atoms with van der Waals surface area (Å²) in [5, 5.41) is -0.440. The number of allylic oxidation sites excluding steroid dienone is 1. The summed E-state index contributed by atoms with van der Waals surface area (Å²) in [5.41, 5.74) is 3.45. The molecule has 4 nitrogen and oxygen atoms in total. The van der Waals surface area contributed by atoms with Crippen LogP contribution in [0.15, 0.2) is 23.8 Å². The SMILES string of the molecule is COC(=O)C1SCC(=O)C2=C1c1c(cccc1OC)C2. The molecule has 1 aromatic rings. The third-order valence-corrected chi connectivity index (χ3v) is 4.88. The lowest BCUT2D eigenvalue weighted by Gasteiger charge is -2.23. The molecule has 1 aliphatic heterocycles. The van der Waals surface area contributed by atoms with Crippen molar-refractivity contribution in [3.05, 3.63) is 34.9 Å². The zero-order chi connectivity index (χ0) is 14.3. The highest BCUT2D eigenvalue weighted by Crippen LogP contribution is 2.47. The van der Waals surface area contributed by atoms with Gasteiger partial charge < -0.3 is 9.47 Å². The first kappa shape index (κ1) is 13.2.